The average molecular weight is 317 g/mol. The summed E-state index contributed by atoms with van der Waals surface area (Å²) in [6, 6.07) is 0.254. The molecular formula is C16H27N7. The fraction of sp³-hybridized carbons (Fsp3) is 0.562. The number of aromatic nitrogens is 4. The third-order valence-corrected chi connectivity index (χ3v) is 4.11. The van der Waals surface area contributed by atoms with Crippen LogP contribution < -0.4 is 10.6 Å². The van der Waals surface area contributed by atoms with E-state index in [1.54, 1.807) is 13.2 Å². The maximum Gasteiger partial charge on any atom is 0.191 e. The van der Waals surface area contributed by atoms with Gasteiger partial charge in [0.15, 0.2) is 5.96 Å². The van der Waals surface area contributed by atoms with Crippen LogP contribution in [-0.2, 0) is 27.1 Å². The molecule has 7 heteroatoms. The molecule has 0 aliphatic carbocycles. The molecule has 126 valence electrons. The molecule has 2 rings (SSSR count). The largest absolute Gasteiger partial charge is 0.354 e. The predicted molar refractivity (Wildman–Crippen MR) is 92.4 cm³/mol. The SMILES string of the molecule is CN=C(NCc1nccn1C)NC(C)Cc1c(C)nn(C)c1C. The first-order chi connectivity index (χ1) is 10.9. The van der Waals surface area contributed by atoms with Crippen LogP contribution in [0.2, 0.25) is 0 Å². The molecule has 0 fully saturated rings. The van der Waals surface area contributed by atoms with Crippen LogP contribution in [0.25, 0.3) is 0 Å². The maximum absolute atomic E-state index is 4.47. The number of rotatable bonds is 5. The summed E-state index contributed by atoms with van der Waals surface area (Å²) in [6.45, 7) is 6.96. The standard InChI is InChI=1S/C16H27N7/c1-11(9-14-12(2)21-23(6)13(14)3)20-16(17-4)19-10-15-18-7-8-22(15)5/h7-8,11H,9-10H2,1-6H3,(H2,17,19,20). The van der Waals surface area contributed by atoms with Gasteiger partial charge in [0.05, 0.1) is 12.2 Å². The summed E-state index contributed by atoms with van der Waals surface area (Å²) >= 11 is 0. The van der Waals surface area contributed by atoms with Gasteiger partial charge in [0, 0.05) is 45.3 Å². The van der Waals surface area contributed by atoms with Gasteiger partial charge in [-0.3, -0.25) is 9.67 Å². The van der Waals surface area contributed by atoms with Crippen molar-refractivity contribution in [2.24, 2.45) is 19.1 Å². The van der Waals surface area contributed by atoms with Crippen molar-refractivity contribution in [1.29, 1.82) is 0 Å². The Kier molecular flexibility index (Phi) is 5.41. The van der Waals surface area contributed by atoms with Gasteiger partial charge in [0.25, 0.3) is 0 Å². The molecule has 2 N–H and O–H groups in total. The highest BCUT2D eigenvalue weighted by atomic mass is 15.3. The van der Waals surface area contributed by atoms with Crippen LogP contribution in [-0.4, -0.2) is 38.4 Å². The van der Waals surface area contributed by atoms with Crippen molar-refractivity contribution < 1.29 is 0 Å². The second-order valence-corrected chi connectivity index (χ2v) is 5.90. The van der Waals surface area contributed by atoms with Crippen LogP contribution in [0.15, 0.2) is 17.4 Å². The molecule has 0 spiro atoms. The van der Waals surface area contributed by atoms with E-state index in [0.29, 0.717) is 6.54 Å². The minimum atomic E-state index is 0.254. The van der Waals surface area contributed by atoms with Crippen molar-refractivity contribution in [3.05, 3.63) is 35.2 Å². The van der Waals surface area contributed by atoms with E-state index < -0.39 is 0 Å². The second-order valence-electron chi connectivity index (χ2n) is 5.90. The Balaban J connectivity index is 1.92. The number of hydrogen-bond acceptors (Lipinski definition) is 3. The molecule has 0 amide bonds. The number of guanidine groups is 1. The molecule has 2 aromatic heterocycles. The smallest absolute Gasteiger partial charge is 0.191 e. The minimum absolute atomic E-state index is 0.254. The van der Waals surface area contributed by atoms with Gasteiger partial charge < -0.3 is 15.2 Å². The number of nitrogens with zero attached hydrogens (tertiary/aromatic N) is 5. The molecule has 0 radical (unpaired) electrons. The summed E-state index contributed by atoms with van der Waals surface area (Å²) in [5.41, 5.74) is 3.61. The van der Waals surface area contributed by atoms with Gasteiger partial charge in [-0.1, -0.05) is 0 Å². The van der Waals surface area contributed by atoms with E-state index in [1.165, 1.54) is 11.3 Å². The summed E-state index contributed by atoms with van der Waals surface area (Å²) in [4.78, 5) is 8.59. The zero-order chi connectivity index (χ0) is 17.0. The van der Waals surface area contributed by atoms with Gasteiger partial charge in [-0.25, -0.2) is 4.98 Å². The van der Waals surface area contributed by atoms with Gasteiger partial charge >= 0.3 is 0 Å². The highest BCUT2D eigenvalue weighted by Gasteiger charge is 2.14. The summed E-state index contributed by atoms with van der Waals surface area (Å²) in [6.07, 6.45) is 4.64. The Morgan fingerprint density at radius 2 is 2.09 bits per heavy atom. The van der Waals surface area contributed by atoms with Crippen LogP contribution in [0.5, 0.6) is 0 Å². The summed E-state index contributed by atoms with van der Waals surface area (Å²) in [5, 5.41) is 11.2. The molecule has 0 aliphatic heterocycles. The summed E-state index contributed by atoms with van der Waals surface area (Å²) < 4.78 is 3.93. The molecule has 2 aromatic rings. The van der Waals surface area contributed by atoms with E-state index in [0.717, 1.165) is 23.9 Å². The molecule has 0 aliphatic rings. The lowest BCUT2D eigenvalue weighted by atomic mass is 10.1. The van der Waals surface area contributed by atoms with Crippen LogP contribution in [0, 0.1) is 13.8 Å². The normalized spacial score (nSPS) is 13.2. The molecule has 0 bridgehead atoms. The van der Waals surface area contributed by atoms with E-state index >= 15 is 0 Å². The Hall–Kier alpha value is -2.31. The topological polar surface area (TPSA) is 72.1 Å². The third kappa shape index (κ3) is 4.12. The fourth-order valence-electron chi connectivity index (χ4n) is 2.63. The van der Waals surface area contributed by atoms with Crippen molar-refractivity contribution in [1.82, 2.24) is 30.0 Å². The quantitative estimate of drug-likeness (QED) is 0.639. The van der Waals surface area contributed by atoms with Crippen molar-refractivity contribution >= 4 is 5.96 Å². The molecular weight excluding hydrogens is 290 g/mol. The summed E-state index contributed by atoms with van der Waals surface area (Å²) in [5.74, 6) is 1.75. The molecule has 7 nitrogen and oxygen atoms in total. The van der Waals surface area contributed by atoms with E-state index in [9.17, 15) is 0 Å². The number of nitrogens with one attached hydrogen (secondary N) is 2. The Bertz CT molecular complexity index is 681. The molecule has 2 heterocycles. The van der Waals surface area contributed by atoms with E-state index in [2.05, 4.69) is 46.5 Å². The third-order valence-electron chi connectivity index (χ3n) is 4.11. The Labute approximate surface area is 137 Å². The first-order valence-corrected chi connectivity index (χ1v) is 7.84. The molecule has 0 saturated heterocycles. The summed E-state index contributed by atoms with van der Waals surface area (Å²) in [7, 11) is 5.75. The van der Waals surface area contributed by atoms with Crippen LogP contribution in [0.1, 0.15) is 29.7 Å². The Morgan fingerprint density at radius 3 is 2.61 bits per heavy atom. The molecule has 0 saturated carbocycles. The number of aryl methyl sites for hydroxylation is 3. The highest BCUT2D eigenvalue weighted by Crippen LogP contribution is 2.14. The lowest BCUT2D eigenvalue weighted by Gasteiger charge is -2.18. The molecule has 0 aromatic carbocycles. The zero-order valence-corrected chi connectivity index (χ0v) is 14.9. The maximum atomic E-state index is 4.47. The first-order valence-electron chi connectivity index (χ1n) is 7.84. The average Bonchev–Trinajstić information content (AvgIpc) is 3.02. The van der Waals surface area contributed by atoms with Crippen molar-refractivity contribution in [3.8, 4) is 0 Å². The van der Waals surface area contributed by atoms with Gasteiger partial charge in [0.2, 0.25) is 0 Å². The number of imidazole rings is 1. The molecule has 1 atom stereocenters. The van der Waals surface area contributed by atoms with E-state index in [-0.39, 0.29) is 6.04 Å². The lowest BCUT2D eigenvalue weighted by molar-refractivity contribution is 0.629. The Morgan fingerprint density at radius 1 is 1.35 bits per heavy atom. The number of hydrogen-bond donors (Lipinski definition) is 2. The van der Waals surface area contributed by atoms with Gasteiger partial charge in [-0.15, -0.1) is 0 Å². The molecule has 23 heavy (non-hydrogen) atoms. The van der Waals surface area contributed by atoms with Crippen molar-refractivity contribution in [2.75, 3.05) is 7.05 Å². The monoisotopic (exact) mass is 317 g/mol. The number of aliphatic imine (C=N–C) groups is 1. The predicted octanol–water partition coefficient (Wildman–Crippen LogP) is 1.07. The van der Waals surface area contributed by atoms with Gasteiger partial charge in [0.1, 0.15) is 5.82 Å². The highest BCUT2D eigenvalue weighted by molar-refractivity contribution is 5.79. The minimum Gasteiger partial charge on any atom is -0.354 e. The van der Waals surface area contributed by atoms with Gasteiger partial charge in [-0.05, 0) is 32.8 Å². The van der Waals surface area contributed by atoms with Crippen molar-refractivity contribution in [2.45, 2.75) is 39.8 Å². The lowest BCUT2D eigenvalue weighted by Crippen LogP contribution is -2.43. The second kappa shape index (κ2) is 7.30. The van der Waals surface area contributed by atoms with Crippen LogP contribution >= 0.6 is 0 Å². The molecule has 1 unspecified atom stereocenters. The van der Waals surface area contributed by atoms with Gasteiger partial charge in [-0.2, -0.15) is 5.10 Å². The van der Waals surface area contributed by atoms with Crippen LogP contribution in [0.3, 0.4) is 0 Å². The first kappa shape index (κ1) is 17.1. The zero-order valence-electron chi connectivity index (χ0n) is 14.9. The van der Waals surface area contributed by atoms with Crippen LogP contribution in [0.4, 0.5) is 0 Å². The van der Waals surface area contributed by atoms with E-state index in [1.807, 2.05) is 29.5 Å². The van der Waals surface area contributed by atoms with E-state index in [4.69, 9.17) is 0 Å². The van der Waals surface area contributed by atoms with Crippen molar-refractivity contribution in [3.63, 3.8) is 0 Å². The fourth-order valence-corrected chi connectivity index (χ4v) is 2.63.